The first kappa shape index (κ1) is 14.7. The molecule has 106 valence electrons. The molecule has 1 fully saturated rings. The molecule has 0 heterocycles. The molecular formula is C15H23BrN2O. The molecule has 0 radical (unpaired) electrons. The second kappa shape index (κ2) is 6.14. The molecule has 19 heavy (non-hydrogen) atoms. The molecule has 0 aliphatic heterocycles. The van der Waals surface area contributed by atoms with Crippen molar-refractivity contribution < 1.29 is 5.11 Å². The first-order chi connectivity index (χ1) is 9.00. The zero-order valence-electron chi connectivity index (χ0n) is 11.5. The Balaban J connectivity index is 2.03. The van der Waals surface area contributed by atoms with Crippen molar-refractivity contribution in [3.8, 4) is 0 Å². The largest absolute Gasteiger partial charge is 0.398 e. The van der Waals surface area contributed by atoms with E-state index in [0.717, 1.165) is 47.1 Å². The van der Waals surface area contributed by atoms with Crippen LogP contribution in [0, 0.1) is 6.92 Å². The van der Waals surface area contributed by atoms with Gasteiger partial charge in [-0.15, -0.1) is 0 Å². The zero-order chi connectivity index (χ0) is 13.9. The van der Waals surface area contributed by atoms with E-state index in [-0.39, 0.29) is 0 Å². The van der Waals surface area contributed by atoms with Crippen molar-refractivity contribution in [3.63, 3.8) is 0 Å². The van der Waals surface area contributed by atoms with Crippen LogP contribution in [0.15, 0.2) is 16.6 Å². The van der Waals surface area contributed by atoms with Crippen LogP contribution in [0.4, 0.5) is 11.4 Å². The third-order valence-electron chi connectivity index (χ3n) is 4.00. The van der Waals surface area contributed by atoms with E-state index in [1.165, 1.54) is 12.8 Å². The van der Waals surface area contributed by atoms with Crippen LogP contribution in [0.5, 0.6) is 0 Å². The number of halogens is 1. The predicted molar refractivity (Wildman–Crippen MR) is 84.4 cm³/mol. The number of nitrogens with one attached hydrogen (secondary N) is 1. The fourth-order valence-corrected chi connectivity index (χ4v) is 3.16. The van der Waals surface area contributed by atoms with E-state index in [9.17, 15) is 5.11 Å². The van der Waals surface area contributed by atoms with Crippen molar-refractivity contribution in [2.24, 2.45) is 0 Å². The first-order valence-electron chi connectivity index (χ1n) is 7.02. The highest BCUT2D eigenvalue weighted by atomic mass is 79.9. The van der Waals surface area contributed by atoms with Gasteiger partial charge >= 0.3 is 0 Å². The van der Waals surface area contributed by atoms with Gasteiger partial charge in [-0.3, -0.25) is 0 Å². The minimum absolute atomic E-state index is 0.564. The van der Waals surface area contributed by atoms with Crippen LogP contribution in [0.25, 0.3) is 0 Å². The average Bonchev–Trinajstić information content (AvgIpc) is 2.58. The predicted octanol–water partition coefficient (Wildman–Crippen LogP) is 3.84. The Kier molecular flexibility index (Phi) is 4.74. The Morgan fingerprint density at radius 1 is 1.26 bits per heavy atom. The SMILES string of the molecule is Cc1cc(NCC2(O)CCCCCC2)c(Br)cc1N. The Labute approximate surface area is 123 Å². The number of hydrogen-bond acceptors (Lipinski definition) is 3. The van der Waals surface area contributed by atoms with Gasteiger partial charge in [-0.2, -0.15) is 0 Å². The number of hydrogen-bond donors (Lipinski definition) is 3. The van der Waals surface area contributed by atoms with Crippen LogP contribution < -0.4 is 11.1 Å². The molecule has 0 unspecified atom stereocenters. The monoisotopic (exact) mass is 326 g/mol. The lowest BCUT2D eigenvalue weighted by atomic mass is 9.94. The maximum Gasteiger partial charge on any atom is 0.0819 e. The van der Waals surface area contributed by atoms with Crippen LogP contribution in [0.2, 0.25) is 0 Å². The normalized spacial score (nSPS) is 18.9. The molecular weight excluding hydrogens is 304 g/mol. The third kappa shape index (κ3) is 3.86. The van der Waals surface area contributed by atoms with Crippen LogP contribution in [-0.4, -0.2) is 17.3 Å². The highest BCUT2D eigenvalue weighted by Crippen LogP contribution is 2.31. The summed E-state index contributed by atoms with van der Waals surface area (Å²) in [4.78, 5) is 0. The number of nitrogens with two attached hydrogens (primary N) is 1. The molecule has 3 nitrogen and oxygen atoms in total. The summed E-state index contributed by atoms with van der Waals surface area (Å²) < 4.78 is 0.952. The Hall–Kier alpha value is -0.740. The number of benzene rings is 1. The fraction of sp³-hybridized carbons (Fsp3) is 0.600. The summed E-state index contributed by atoms with van der Waals surface area (Å²) in [6.07, 6.45) is 6.53. The minimum Gasteiger partial charge on any atom is -0.398 e. The standard InChI is InChI=1S/C15H23BrN2O/c1-11-8-14(12(16)9-13(11)17)18-10-15(19)6-4-2-3-5-7-15/h8-9,18-19H,2-7,10,17H2,1H3. The van der Waals surface area contributed by atoms with Crippen molar-refractivity contribution in [3.05, 3.63) is 22.2 Å². The Morgan fingerprint density at radius 2 is 1.89 bits per heavy atom. The summed E-state index contributed by atoms with van der Waals surface area (Å²) in [6.45, 7) is 2.60. The highest BCUT2D eigenvalue weighted by molar-refractivity contribution is 9.10. The van der Waals surface area contributed by atoms with Gasteiger partial charge in [0.1, 0.15) is 0 Å². The van der Waals surface area contributed by atoms with E-state index in [4.69, 9.17) is 5.73 Å². The van der Waals surface area contributed by atoms with E-state index in [2.05, 4.69) is 21.2 Å². The Bertz CT molecular complexity index is 440. The van der Waals surface area contributed by atoms with Crippen molar-refractivity contribution >= 4 is 27.3 Å². The topological polar surface area (TPSA) is 58.3 Å². The number of aryl methyl sites for hydroxylation is 1. The van der Waals surface area contributed by atoms with Crippen LogP contribution in [-0.2, 0) is 0 Å². The summed E-state index contributed by atoms with van der Waals surface area (Å²) in [5.41, 5.74) is 8.14. The summed E-state index contributed by atoms with van der Waals surface area (Å²) in [6, 6.07) is 3.94. The molecule has 1 aromatic rings. The van der Waals surface area contributed by atoms with Gasteiger partial charge in [0.2, 0.25) is 0 Å². The summed E-state index contributed by atoms with van der Waals surface area (Å²) in [5, 5.41) is 14.0. The van der Waals surface area contributed by atoms with E-state index >= 15 is 0 Å². The number of rotatable bonds is 3. The van der Waals surface area contributed by atoms with Crippen LogP contribution in [0.3, 0.4) is 0 Å². The Morgan fingerprint density at radius 3 is 2.53 bits per heavy atom. The lowest BCUT2D eigenvalue weighted by molar-refractivity contribution is 0.0381. The second-order valence-electron chi connectivity index (χ2n) is 5.68. The average molecular weight is 327 g/mol. The maximum atomic E-state index is 10.6. The molecule has 1 aliphatic carbocycles. The molecule has 0 aromatic heterocycles. The summed E-state index contributed by atoms with van der Waals surface area (Å²) >= 11 is 3.52. The third-order valence-corrected chi connectivity index (χ3v) is 4.65. The number of anilines is 2. The molecule has 0 atom stereocenters. The minimum atomic E-state index is -0.564. The zero-order valence-corrected chi connectivity index (χ0v) is 13.1. The van der Waals surface area contributed by atoms with Crippen LogP contribution >= 0.6 is 15.9 Å². The lowest BCUT2D eigenvalue weighted by Crippen LogP contribution is -2.36. The van der Waals surface area contributed by atoms with E-state index in [1.54, 1.807) is 0 Å². The van der Waals surface area contributed by atoms with Gasteiger partial charge in [-0.25, -0.2) is 0 Å². The smallest absolute Gasteiger partial charge is 0.0819 e. The molecule has 1 aromatic carbocycles. The van der Waals surface area contributed by atoms with Gasteiger partial charge in [-0.1, -0.05) is 25.7 Å². The van der Waals surface area contributed by atoms with Gasteiger partial charge in [0.25, 0.3) is 0 Å². The molecule has 0 amide bonds. The van der Waals surface area contributed by atoms with Crippen LogP contribution in [0.1, 0.15) is 44.1 Å². The number of aliphatic hydroxyl groups is 1. The number of nitrogen functional groups attached to an aromatic ring is 1. The molecule has 0 saturated heterocycles. The van der Waals surface area contributed by atoms with E-state index in [0.29, 0.717) is 6.54 Å². The van der Waals surface area contributed by atoms with Crippen molar-refractivity contribution in [2.45, 2.75) is 51.0 Å². The molecule has 2 rings (SSSR count). The van der Waals surface area contributed by atoms with Gasteiger partial charge in [0.15, 0.2) is 0 Å². The van der Waals surface area contributed by atoms with Gasteiger partial charge in [0.05, 0.1) is 5.60 Å². The van der Waals surface area contributed by atoms with Gasteiger partial charge in [0, 0.05) is 22.4 Å². The summed E-state index contributed by atoms with van der Waals surface area (Å²) in [7, 11) is 0. The first-order valence-corrected chi connectivity index (χ1v) is 7.81. The quantitative estimate of drug-likeness (QED) is 0.584. The lowest BCUT2D eigenvalue weighted by Gasteiger charge is -2.27. The fourth-order valence-electron chi connectivity index (χ4n) is 2.66. The molecule has 1 saturated carbocycles. The second-order valence-corrected chi connectivity index (χ2v) is 6.54. The molecule has 4 heteroatoms. The molecule has 0 spiro atoms. The van der Waals surface area contributed by atoms with E-state index < -0.39 is 5.60 Å². The van der Waals surface area contributed by atoms with Gasteiger partial charge < -0.3 is 16.2 Å². The van der Waals surface area contributed by atoms with Crippen molar-refractivity contribution in [2.75, 3.05) is 17.6 Å². The molecule has 1 aliphatic rings. The summed E-state index contributed by atoms with van der Waals surface area (Å²) in [5.74, 6) is 0. The van der Waals surface area contributed by atoms with Crippen molar-refractivity contribution in [1.29, 1.82) is 0 Å². The maximum absolute atomic E-state index is 10.6. The highest BCUT2D eigenvalue weighted by Gasteiger charge is 2.27. The van der Waals surface area contributed by atoms with Gasteiger partial charge in [-0.05, 0) is 53.4 Å². The van der Waals surface area contributed by atoms with Crippen molar-refractivity contribution in [1.82, 2.24) is 0 Å². The van der Waals surface area contributed by atoms with E-state index in [1.807, 2.05) is 19.1 Å². The molecule has 4 N–H and O–H groups in total. The molecule has 0 bridgehead atoms.